The summed E-state index contributed by atoms with van der Waals surface area (Å²) in [7, 11) is 0. The van der Waals surface area contributed by atoms with E-state index in [1.807, 2.05) is 39.0 Å². The van der Waals surface area contributed by atoms with Crippen LogP contribution >= 0.6 is 15.9 Å². The lowest BCUT2D eigenvalue weighted by atomic mass is 10.0. The average molecular weight is 283 g/mol. The Bertz CT molecular complexity index is 451. The summed E-state index contributed by atoms with van der Waals surface area (Å²) in [5, 5.41) is 9.15. The van der Waals surface area contributed by atoms with Crippen LogP contribution in [0, 0.1) is 18.3 Å². The Kier molecular flexibility index (Phi) is 2.61. The second kappa shape index (κ2) is 3.59. The zero-order valence-corrected chi connectivity index (χ0v) is 11.2. The number of aliphatic carboxylic acids is 1. The van der Waals surface area contributed by atoms with Crippen LogP contribution in [0.25, 0.3) is 0 Å². The molecule has 0 radical (unpaired) electrons. The number of hydrogen-bond donors (Lipinski definition) is 1. The van der Waals surface area contributed by atoms with Crippen molar-refractivity contribution >= 4 is 21.9 Å². The molecule has 1 aliphatic carbocycles. The summed E-state index contributed by atoms with van der Waals surface area (Å²) in [5.41, 5.74) is 2.16. The summed E-state index contributed by atoms with van der Waals surface area (Å²) >= 11 is 3.52. The molecule has 0 spiro atoms. The quantitative estimate of drug-likeness (QED) is 0.900. The Morgan fingerprint density at radius 1 is 1.44 bits per heavy atom. The van der Waals surface area contributed by atoms with E-state index in [2.05, 4.69) is 15.9 Å². The van der Waals surface area contributed by atoms with Crippen molar-refractivity contribution in [2.24, 2.45) is 11.3 Å². The largest absolute Gasteiger partial charge is 0.481 e. The van der Waals surface area contributed by atoms with Gasteiger partial charge in [-0.2, -0.15) is 0 Å². The monoisotopic (exact) mass is 282 g/mol. The van der Waals surface area contributed by atoms with E-state index in [9.17, 15) is 4.79 Å². The molecule has 1 saturated carbocycles. The van der Waals surface area contributed by atoms with E-state index in [1.165, 1.54) is 5.56 Å². The first kappa shape index (κ1) is 11.6. The van der Waals surface area contributed by atoms with E-state index in [1.54, 1.807) is 0 Å². The van der Waals surface area contributed by atoms with Crippen LogP contribution in [-0.4, -0.2) is 11.1 Å². The molecule has 0 unspecified atom stereocenters. The number of halogens is 1. The third kappa shape index (κ3) is 1.67. The summed E-state index contributed by atoms with van der Waals surface area (Å²) in [5.74, 6) is -0.825. The van der Waals surface area contributed by atoms with E-state index in [4.69, 9.17) is 5.11 Å². The summed E-state index contributed by atoms with van der Waals surface area (Å²) in [4.78, 5) is 11.1. The van der Waals surface area contributed by atoms with Crippen molar-refractivity contribution in [1.29, 1.82) is 0 Å². The van der Waals surface area contributed by atoms with Crippen LogP contribution < -0.4 is 0 Å². The Balaban J connectivity index is 2.37. The molecule has 2 rings (SSSR count). The number of benzene rings is 1. The molecular weight excluding hydrogens is 268 g/mol. The average Bonchev–Trinajstić information content (AvgIpc) is 2.69. The fourth-order valence-electron chi connectivity index (χ4n) is 2.56. The molecule has 1 aromatic rings. The number of carboxylic acid groups (broad SMARTS) is 1. The molecule has 16 heavy (non-hydrogen) atoms. The summed E-state index contributed by atoms with van der Waals surface area (Å²) < 4.78 is 1.02. The second-order valence-corrected chi connectivity index (χ2v) is 5.99. The molecule has 2 atom stereocenters. The van der Waals surface area contributed by atoms with Crippen molar-refractivity contribution in [3.8, 4) is 0 Å². The van der Waals surface area contributed by atoms with Gasteiger partial charge in [0.25, 0.3) is 0 Å². The Morgan fingerprint density at radius 3 is 2.50 bits per heavy atom. The molecule has 2 nitrogen and oxygen atoms in total. The summed E-state index contributed by atoms with van der Waals surface area (Å²) in [6.07, 6.45) is 0. The minimum absolute atomic E-state index is 0.125. The molecule has 0 aliphatic heterocycles. The van der Waals surface area contributed by atoms with Crippen molar-refractivity contribution in [3.63, 3.8) is 0 Å². The molecule has 0 heterocycles. The molecule has 1 aliphatic rings. The lowest BCUT2D eigenvalue weighted by Crippen LogP contribution is -2.03. The number of aryl methyl sites for hydroxylation is 1. The van der Waals surface area contributed by atoms with Crippen LogP contribution in [-0.2, 0) is 4.79 Å². The molecule has 1 fully saturated rings. The van der Waals surface area contributed by atoms with Gasteiger partial charge in [0.05, 0.1) is 5.92 Å². The first-order valence-corrected chi connectivity index (χ1v) is 6.14. The highest BCUT2D eigenvalue weighted by Gasteiger charge is 2.63. The molecule has 86 valence electrons. The Hall–Kier alpha value is -0.830. The number of hydrogen-bond acceptors (Lipinski definition) is 1. The van der Waals surface area contributed by atoms with Crippen LogP contribution in [0.2, 0.25) is 0 Å². The highest BCUT2D eigenvalue weighted by molar-refractivity contribution is 9.10. The van der Waals surface area contributed by atoms with Crippen molar-refractivity contribution in [3.05, 3.63) is 33.8 Å². The smallest absolute Gasteiger partial charge is 0.307 e. The molecule has 1 aromatic carbocycles. The van der Waals surface area contributed by atoms with Gasteiger partial charge in [0, 0.05) is 10.4 Å². The molecule has 0 saturated heterocycles. The van der Waals surface area contributed by atoms with Crippen LogP contribution in [0.4, 0.5) is 0 Å². The minimum atomic E-state index is -0.692. The van der Waals surface area contributed by atoms with Crippen LogP contribution in [0.15, 0.2) is 22.7 Å². The maximum Gasteiger partial charge on any atom is 0.307 e. The normalized spacial score (nSPS) is 26.5. The molecule has 0 aromatic heterocycles. The maximum atomic E-state index is 11.1. The zero-order chi connectivity index (χ0) is 12.1. The van der Waals surface area contributed by atoms with Crippen molar-refractivity contribution in [2.75, 3.05) is 0 Å². The van der Waals surface area contributed by atoms with Gasteiger partial charge in [-0.3, -0.25) is 4.79 Å². The lowest BCUT2D eigenvalue weighted by Gasteiger charge is -2.06. The number of rotatable bonds is 2. The highest BCUT2D eigenvalue weighted by atomic mass is 79.9. The van der Waals surface area contributed by atoms with Gasteiger partial charge >= 0.3 is 5.97 Å². The van der Waals surface area contributed by atoms with Crippen LogP contribution in [0.1, 0.15) is 30.9 Å². The van der Waals surface area contributed by atoms with E-state index < -0.39 is 5.97 Å². The number of carbonyl (C=O) groups is 1. The maximum absolute atomic E-state index is 11.1. The highest BCUT2D eigenvalue weighted by Crippen LogP contribution is 2.65. The van der Waals surface area contributed by atoms with E-state index in [0.29, 0.717) is 0 Å². The Morgan fingerprint density at radius 2 is 2.06 bits per heavy atom. The zero-order valence-electron chi connectivity index (χ0n) is 9.62. The van der Waals surface area contributed by atoms with E-state index in [-0.39, 0.29) is 17.3 Å². The standard InChI is InChI=1S/C13H15BrO2/c1-7-4-5-8(9(14)6-7)10-11(12(15)16)13(10,2)3/h4-6,10-11H,1-3H3,(H,15,16)/t10-,11+/m1/s1. The lowest BCUT2D eigenvalue weighted by molar-refractivity contribution is -0.139. The minimum Gasteiger partial charge on any atom is -0.481 e. The SMILES string of the molecule is Cc1ccc([C@@H]2[C@@H](C(=O)O)C2(C)C)c(Br)c1. The van der Waals surface area contributed by atoms with E-state index >= 15 is 0 Å². The summed E-state index contributed by atoms with van der Waals surface area (Å²) in [6.45, 7) is 6.06. The molecule has 0 amide bonds. The van der Waals surface area contributed by atoms with Crippen molar-refractivity contribution in [1.82, 2.24) is 0 Å². The van der Waals surface area contributed by atoms with Gasteiger partial charge in [-0.25, -0.2) is 0 Å². The second-order valence-electron chi connectivity index (χ2n) is 5.14. The third-order valence-electron chi connectivity index (χ3n) is 3.58. The van der Waals surface area contributed by atoms with Gasteiger partial charge in [0.15, 0.2) is 0 Å². The van der Waals surface area contributed by atoms with Gasteiger partial charge in [-0.1, -0.05) is 41.9 Å². The van der Waals surface area contributed by atoms with Gasteiger partial charge in [-0.15, -0.1) is 0 Å². The topological polar surface area (TPSA) is 37.3 Å². The van der Waals surface area contributed by atoms with Crippen molar-refractivity contribution in [2.45, 2.75) is 26.7 Å². The van der Waals surface area contributed by atoms with E-state index in [0.717, 1.165) is 10.0 Å². The van der Waals surface area contributed by atoms with Gasteiger partial charge in [0.1, 0.15) is 0 Å². The third-order valence-corrected chi connectivity index (χ3v) is 4.27. The predicted molar refractivity (Wildman–Crippen MR) is 66.5 cm³/mol. The fourth-order valence-corrected chi connectivity index (χ4v) is 3.30. The van der Waals surface area contributed by atoms with Crippen LogP contribution in [0.5, 0.6) is 0 Å². The van der Waals surface area contributed by atoms with Crippen LogP contribution in [0.3, 0.4) is 0 Å². The molecule has 3 heteroatoms. The first-order valence-electron chi connectivity index (χ1n) is 5.34. The Labute approximate surface area is 104 Å². The predicted octanol–water partition coefficient (Wildman–Crippen LogP) is 3.58. The molecular formula is C13H15BrO2. The fraction of sp³-hybridized carbons (Fsp3) is 0.462. The first-order chi connectivity index (χ1) is 7.35. The van der Waals surface area contributed by atoms with Crippen molar-refractivity contribution < 1.29 is 9.90 Å². The molecule has 1 N–H and O–H groups in total. The number of carboxylic acids is 1. The summed E-state index contributed by atoms with van der Waals surface area (Å²) in [6, 6.07) is 6.12. The van der Waals surface area contributed by atoms with Gasteiger partial charge in [-0.05, 0) is 29.5 Å². The molecule has 0 bridgehead atoms. The van der Waals surface area contributed by atoms with Gasteiger partial charge < -0.3 is 5.11 Å². The van der Waals surface area contributed by atoms with Gasteiger partial charge in [0.2, 0.25) is 0 Å².